The molecule has 0 spiro atoms. The van der Waals surface area contributed by atoms with Gasteiger partial charge in [0.2, 0.25) is 0 Å². The molecule has 0 bridgehead atoms. The second kappa shape index (κ2) is 4.84. The van der Waals surface area contributed by atoms with Crippen molar-refractivity contribution in [2.45, 2.75) is 45.4 Å². The standard InChI is InChI=1S/C13H26N2/c1-12-4-8-15(9-5-12)11-13(10-14)6-2-3-7-13/h12H,2-11,14H2,1H3. The summed E-state index contributed by atoms with van der Waals surface area (Å²) >= 11 is 0. The van der Waals surface area contributed by atoms with Crippen molar-refractivity contribution in [2.24, 2.45) is 17.1 Å². The zero-order valence-corrected chi connectivity index (χ0v) is 10.2. The first-order valence-corrected chi connectivity index (χ1v) is 6.66. The summed E-state index contributed by atoms with van der Waals surface area (Å²) in [7, 11) is 0. The van der Waals surface area contributed by atoms with Gasteiger partial charge in [0.25, 0.3) is 0 Å². The van der Waals surface area contributed by atoms with Crippen LogP contribution in [0.1, 0.15) is 45.4 Å². The molecule has 1 heterocycles. The van der Waals surface area contributed by atoms with Crippen molar-refractivity contribution in [2.75, 3.05) is 26.2 Å². The minimum absolute atomic E-state index is 0.487. The van der Waals surface area contributed by atoms with E-state index >= 15 is 0 Å². The molecule has 1 saturated heterocycles. The molecule has 2 heteroatoms. The second-order valence-corrected chi connectivity index (χ2v) is 5.87. The summed E-state index contributed by atoms with van der Waals surface area (Å²) in [6.07, 6.45) is 8.33. The van der Waals surface area contributed by atoms with E-state index in [4.69, 9.17) is 5.73 Å². The van der Waals surface area contributed by atoms with Crippen LogP contribution >= 0.6 is 0 Å². The first kappa shape index (κ1) is 11.4. The van der Waals surface area contributed by atoms with Crippen LogP contribution in [0.4, 0.5) is 0 Å². The molecular formula is C13H26N2. The van der Waals surface area contributed by atoms with Gasteiger partial charge in [-0.05, 0) is 56.7 Å². The molecule has 0 amide bonds. The summed E-state index contributed by atoms with van der Waals surface area (Å²) < 4.78 is 0. The van der Waals surface area contributed by atoms with Crippen molar-refractivity contribution in [3.8, 4) is 0 Å². The van der Waals surface area contributed by atoms with E-state index in [0.29, 0.717) is 5.41 Å². The minimum Gasteiger partial charge on any atom is -0.330 e. The van der Waals surface area contributed by atoms with Crippen molar-refractivity contribution < 1.29 is 0 Å². The van der Waals surface area contributed by atoms with E-state index in [1.165, 1.54) is 58.2 Å². The van der Waals surface area contributed by atoms with E-state index in [1.807, 2.05) is 0 Å². The maximum Gasteiger partial charge on any atom is 0.00501 e. The van der Waals surface area contributed by atoms with Gasteiger partial charge in [-0.15, -0.1) is 0 Å². The van der Waals surface area contributed by atoms with Gasteiger partial charge in [0.15, 0.2) is 0 Å². The monoisotopic (exact) mass is 210 g/mol. The molecule has 2 nitrogen and oxygen atoms in total. The summed E-state index contributed by atoms with van der Waals surface area (Å²) in [6, 6.07) is 0. The Morgan fingerprint density at radius 3 is 2.33 bits per heavy atom. The fourth-order valence-electron chi connectivity index (χ4n) is 3.25. The van der Waals surface area contributed by atoms with Crippen LogP contribution in [-0.4, -0.2) is 31.1 Å². The average Bonchev–Trinajstić information content (AvgIpc) is 2.71. The molecular weight excluding hydrogens is 184 g/mol. The van der Waals surface area contributed by atoms with Gasteiger partial charge in [-0.1, -0.05) is 19.8 Å². The SMILES string of the molecule is CC1CCN(CC2(CN)CCCC2)CC1. The zero-order chi connectivity index (χ0) is 10.7. The highest BCUT2D eigenvalue weighted by Gasteiger charge is 2.34. The van der Waals surface area contributed by atoms with Gasteiger partial charge in [0, 0.05) is 6.54 Å². The van der Waals surface area contributed by atoms with Gasteiger partial charge in [0.1, 0.15) is 0 Å². The largest absolute Gasteiger partial charge is 0.330 e. The lowest BCUT2D eigenvalue weighted by Gasteiger charge is -2.38. The Bertz CT molecular complexity index is 189. The van der Waals surface area contributed by atoms with Crippen molar-refractivity contribution in [1.29, 1.82) is 0 Å². The summed E-state index contributed by atoms with van der Waals surface area (Å²) in [5, 5.41) is 0. The lowest BCUT2D eigenvalue weighted by Crippen LogP contribution is -2.44. The molecule has 1 aliphatic carbocycles. The van der Waals surface area contributed by atoms with Crippen LogP contribution in [0, 0.1) is 11.3 Å². The minimum atomic E-state index is 0.487. The summed E-state index contributed by atoms with van der Waals surface area (Å²) in [6.45, 7) is 7.17. The normalized spacial score (nSPS) is 28.4. The molecule has 2 aliphatic rings. The van der Waals surface area contributed by atoms with Crippen molar-refractivity contribution in [3.05, 3.63) is 0 Å². The molecule has 88 valence electrons. The Morgan fingerprint density at radius 2 is 1.80 bits per heavy atom. The van der Waals surface area contributed by atoms with E-state index in [9.17, 15) is 0 Å². The Morgan fingerprint density at radius 1 is 1.20 bits per heavy atom. The number of piperidine rings is 1. The predicted octanol–water partition coefficient (Wildman–Crippen LogP) is 2.24. The molecule has 0 aromatic rings. The van der Waals surface area contributed by atoms with Crippen LogP contribution in [0.15, 0.2) is 0 Å². The predicted molar refractivity (Wildman–Crippen MR) is 64.8 cm³/mol. The molecule has 0 atom stereocenters. The molecule has 0 aromatic heterocycles. The highest BCUT2D eigenvalue weighted by Crippen LogP contribution is 2.38. The number of likely N-dealkylation sites (tertiary alicyclic amines) is 1. The third-order valence-electron chi connectivity index (χ3n) is 4.53. The Labute approximate surface area is 94.2 Å². The average molecular weight is 210 g/mol. The molecule has 1 saturated carbocycles. The summed E-state index contributed by atoms with van der Waals surface area (Å²) in [4.78, 5) is 2.66. The number of nitrogens with zero attached hydrogens (tertiary/aromatic N) is 1. The number of hydrogen-bond donors (Lipinski definition) is 1. The maximum atomic E-state index is 5.99. The zero-order valence-electron chi connectivity index (χ0n) is 10.2. The van der Waals surface area contributed by atoms with E-state index in [0.717, 1.165) is 12.5 Å². The van der Waals surface area contributed by atoms with Crippen LogP contribution in [0.2, 0.25) is 0 Å². The molecule has 2 rings (SSSR count). The third kappa shape index (κ3) is 2.73. The maximum absolute atomic E-state index is 5.99. The van der Waals surface area contributed by atoms with Crippen molar-refractivity contribution >= 4 is 0 Å². The number of hydrogen-bond acceptors (Lipinski definition) is 2. The lowest BCUT2D eigenvalue weighted by molar-refractivity contribution is 0.120. The third-order valence-corrected chi connectivity index (χ3v) is 4.53. The fourth-order valence-corrected chi connectivity index (χ4v) is 3.25. The topological polar surface area (TPSA) is 29.3 Å². The van der Waals surface area contributed by atoms with Crippen LogP contribution in [0.3, 0.4) is 0 Å². The summed E-state index contributed by atoms with van der Waals surface area (Å²) in [5.41, 5.74) is 6.47. The van der Waals surface area contributed by atoms with Crippen molar-refractivity contribution in [3.63, 3.8) is 0 Å². The molecule has 2 fully saturated rings. The molecule has 15 heavy (non-hydrogen) atoms. The smallest absolute Gasteiger partial charge is 0.00501 e. The lowest BCUT2D eigenvalue weighted by atomic mass is 9.84. The second-order valence-electron chi connectivity index (χ2n) is 5.87. The van der Waals surface area contributed by atoms with Gasteiger partial charge in [-0.3, -0.25) is 0 Å². The number of nitrogens with two attached hydrogens (primary N) is 1. The quantitative estimate of drug-likeness (QED) is 0.774. The Hall–Kier alpha value is -0.0800. The van der Waals surface area contributed by atoms with Crippen LogP contribution in [-0.2, 0) is 0 Å². The highest BCUT2D eigenvalue weighted by atomic mass is 15.1. The first-order chi connectivity index (χ1) is 7.24. The van der Waals surface area contributed by atoms with E-state index < -0.39 is 0 Å². The number of rotatable bonds is 3. The molecule has 2 N–H and O–H groups in total. The Kier molecular flexibility index (Phi) is 3.68. The van der Waals surface area contributed by atoms with Gasteiger partial charge in [-0.25, -0.2) is 0 Å². The molecule has 0 radical (unpaired) electrons. The molecule has 0 unspecified atom stereocenters. The van der Waals surface area contributed by atoms with Crippen LogP contribution in [0.25, 0.3) is 0 Å². The summed E-state index contributed by atoms with van der Waals surface area (Å²) in [5.74, 6) is 0.943. The van der Waals surface area contributed by atoms with Crippen molar-refractivity contribution in [1.82, 2.24) is 4.90 Å². The highest BCUT2D eigenvalue weighted by molar-refractivity contribution is 4.89. The van der Waals surface area contributed by atoms with Gasteiger partial charge >= 0.3 is 0 Å². The fraction of sp³-hybridized carbons (Fsp3) is 1.00. The van der Waals surface area contributed by atoms with Gasteiger partial charge in [0.05, 0.1) is 0 Å². The van der Waals surface area contributed by atoms with Gasteiger partial charge < -0.3 is 10.6 Å². The molecule has 1 aliphatic heterocycles. The van der Waals surface area contributed by atoms with E-state index in [2.05, 4.69) is 11.8 Å². The van der Waals surface area contributed by atoms with Crippen LogP contribution in [0.5, 0.6) is 0 Å². The van der Waals surface area contributed by atoms with E-state index in [-0.39, 0.29) is 0 Å². The van der Waals surface area contributed by atoms with Gasteiger partial charge in [-0.2, -0.15) is 0 Å². The van der Waals surface area contributed by atoms with E-state index in [1.54, 1.807) is 0 Å². The molecule has 0 aromatic carbocycles. The van der Waals surface area contributed by atoms with Crippen LogP contribution < -0.4 is 5.73 Å². The Balaban J connectivity index is 1.84. The first-order valence-electron chi connectivity index (χ1n) is 6.66.